The second kappa shape index (κ2) is 6.62. The molecular formula is C9H22N2. The zero-order chi connectivity index (χ0) is 8.69. The Morgan fingerprint density at radius 3 is 2.09 bits per heavy atom. The van der Waals surface area contributed by atoms with Crippen molar-refractivity contribution in [2.24, 2.45) is 23.3 Å². The van der Waals surface area contributed by atoms with E-state index in [0.717, 1.165) is 25.4 Å². The molecule has 0 heterocycles. The molecule has 0 radical (unpaired) electrons. The number of unbranched alkanes of at least 4 members (excludes halogenated alkanes) is 1. The van der Waals surface area contributed by atoms with Gasteiger partial charge in [0.1, 0.15) is 0 Å². The number of rotatable bonds is 6. The van der Waals surface area contributed by atoms with Gasteiger partial charge in [-0.2, -0.15) is 0 Å². The minimum Gasteiger partial charge on any atom is -0.330 e. The van der Waals surface area contributed by atoms with Gasteiger partial charge >= 0.3 is 0 Å². The van der Waals surface area contributed by atoms with Crippen LogP contribution in [0.3, 0.4) is 0 Å². The molecule has 0 amide bonds. The first-order valence-corrected chi connectivity index (χ1v) is 4.62. The van der Waals surface area contributed by atoms with Crippen molar-refractivity contribution in [3.05, 3.63) is 0 Å². The van der Waals surface area contributed by atoms with Crippen molar-refractivity contribution in [3.8, 4) is 0 Å². The molecule has 11 heavy (non-hydrogen) atoms. The van der Waals surface area contributed by atoms with Gasteiger partial charge in [0.05, 0.1) is 0 Å². The fraction of sp³-hybridized carbons (Fsp3) is 1.00. The van der Waals surface area contributed by atoms with Gasteiger partial charge in [-0.1, -0.05) is 26.7 Å². The highest BCUT2D eigenvalue weighted by Gasteiger charge is 2.08. The van der Waals surface area contributed by atoms with E-state index >= 15 is 0 Å². The summed E-state index contributed by atoms with van der Waals surface area (Å²) in [6.45, 7) is 6.12. The third-order valence-electron chi connectivity index (χ3n) is 2.46. The molecule has 0 aromatic heterocycles. The summed E-state index contributed by atoms with van der Waals surface area (Å²) < 4.78 is 0. The second-order valence-electron chi connectivity index (χ2n) is 3.47. The minimum atomic E-state index is 0.660. The minimum absolute atomic E-state index is 0.660. The Morgan fingerprint density at radius 2 is 1.64 bits per heavy atom. The largest absolute Gasteiger partial charge is 0.330 e. The number of hydrogen-bond acceptors (Lipinski definition) is 2. The van der Waals surface area contributed by atoms with Crippen LogP contribution in [0.15, 0.2) is 0 Å². The van der Waals surface area contributed by atoms with E-state index in [1.54, 1.807) is 0 Å². The quantitative estimate of drug-likeness (QED) is 0.573. The standard InChI is InChI=1S/C9H22N2/c1-8(9(2)7-11)5-3-4-6-10/h8-9H,3-7,10-11H2,1-2H3. The lowest BCUT2D eigenvalue weighted by Gasteiger charge is -2.17. The molecule has 0 aliphatic heterocycles. The molecule has 2 heteroatoms. The van der Waals surface area contributed by atoms with Crippen LogP contribution in [0.1, 0.15) is 33.1 Å². The van der Waals surface area contributed by atoms with Crippen LogP contribution in [0.5, 0.6) is 0 Å². The first kappa shape index (κ1) is 10.9. The third-order valence-corrected chi connectivity index (χ3v) is 2.46. The lowest BCUT2D eigenvalue weighted by molar-refractivity contribution is 0.361. The van der Waals surface area contributed by atoms with Crippen LogP contribution >= 0.6 is 0 Å². The third kappa shape index (κ3) is 5.22. The Labute approximate surface area is 70.3 Å². The van der Waals surface area contributed by atoms with Crippen molar-refractivity contribution in [1.82, 2.24) is 0 Å². The summed E-state index contributed by atoms with van der Waals surface area (Å²) in [5, 5.41) is 0. The molecule has 2 unspecified atom stereocenters. The van der Waals surface area contributed by atoms with Gasteiger partial charge in [0, 0.05) is 0 Å². The first-order chi connectivity index (χ1) is 5.22. The summed E-state index contributed by atoms with van der Waals surface area (Å²) in [6.07, 6.45) is 3.68. The first-order valence-electron chi connectivity index (χ1n) is 4.62. The van der Waals surface area contributed by atoms with Gasteiger partial charge in [0.25, 0.3) is 0 Å². The Kier molecular flexibility index (Phi) is 6.57. The van der Waals surface area contributed by atoms with Gasteiger partial charge in [-0.15, -0.1) is 0 Å². The highest BCUT2D eigenvalue weighted by atomic mass is 14.5. The van der Waals surface area contributed by atoms with Crippen LogP contribution in [-0.2, 0) is 0 Å². The molecule has 0 bridgehead atoms. The Bertz CT molecular complexity index is 83.6. The monoisotopic (exact) mass is 158 g/mol. The Hall–Kier alpha value is -0.0800. The zero-order valence-electron chi connectivity index (χ0n) is 7.84. The summed E-state index contributed by atoms with van der Waals surface area (Å²) >= 11 is 0. The van der Waals surface area contributed by atoms with E-state index in [-0.39, 0.29) is 0 Å². The van der Waals surface area contributed by atoms with Crippen LogP contribution < -0.4 is 11.5 Å². The van der Waals surface area contributed by atoms with Gasteiger partial charge in [-0.25, -0.2) is 0 Å². The topological polar surface area (TPSA) is 52.0 Å². The van der Waals surface area contributed by atoms with Crippen LogP contribution in [0.4, 0.5) is 0 Å². The molecule has 0 saturated heterocycles. The van der Waals surface area contributed by atoms with Gasteiger partial charge in [0.2, 0.25) is 0 Å². The Morgan fingerprint density at radius 1 is 1.00 bits per heavy atom. The van der Waals surface area contributed by atoms with E-state index in [2.05, 4.69) is 13.8 Å². The number of hydrogen-bond donors (Lipinski definition) is 2. The lowest BCUT2D eigenvalue weighted by atomic mass is 9.91. The molecule has 0 aliphatic carbocycles. The average Bonchev–Trinajstić information content (AvgIpc) is 2.03. The summed E-state index contributed by atoms with van der Waals surface area (Å²) in [5.74, 6) is 1.42. The molecule has 0 spiro atoms. The van der Waals surface area contributed by atoms with Crippen molar-refractivity contribution < 1.29 is 0 Å². The van der Waals surface area contributed by atoms with E-state index < -0.39 is 0 Å². The highest BCUT2D eigenvalue weighted by molar-refractivity contribution is 4.62. The molecular weight excluding hydrogens is 136 g/mol. The van der Waals surface area contributed by atoms with E-state index in [4.69, 9.17) is 11.5 Å². The lowest BCUT2D eigenvalue weighted by Crippen LogP contribution is -2.18. The molecule has 0 rings (SSSR count). The molecule has 0 saturated carbocycles. The van der Waals surface area contributed by atoms with Gasteiger partial charge in [-0.3, -0.25) is 0 Å². The summed E-state index contributed by atoms with van der Waals surface area (Å²) in [5.41, 5.74) is 11.0. The molecule has 0 aromatic rings. The predicted octanol–water partition coefficient (Wildman–Crippen LogP) is 1.35. The van der Waals surface area contributed by atoms with Crippen LogP contribution in [0.25, 0.3) is 0 Å². The van der Waals surface area contributed by atoms with Crippen LogP contribution in [0.2, 0.25) is 0 Å². The fourth-order valence-electron chi connectivity index (χ4n) is 1.13. The van der Waals surface area contributed by atoms with Crippen LogP contribution in [0, 0.1) is 11.8 Å². The zero-order valence-corrected chi connectivity index (χ0v) is 7.84. The van der Waals surface area contributed by atoms with Crippen molar-refractivity contribution >= 4 is 0 Å². The molecule has 4 N–H and O–H groups in total. The molecule has 0 aliphatic rings. The second-order valence-corrected chi connectivity index (χ2v) is 3.47. The maximum Gasteiger partial charge on any atom is -0.00490 e. The molecule has 2 atom stereocenters. The van der Waals surface area contributed by atoms with Crippen molar-refractivity contribution in [1.29, 1.82) is 0 Å². The molecule has 68 valence electrons. The molecule has 2 nitrogen and oxygen atoms in total. The SMILES string of the molecule is CC(CN)C(C)CCCCN. The van der Waals surface area contributed by atoms with Crippen molar-refractivity contribution in [2.45, 2.75) is 33.1 Å². The van der Waals surface area contributed by atoms with E-state index in [1.165, 1.54) is 12.8 Å². The van der Waals surface area contributed by atoms with E-state index in [1.807, 2.05) is 0 Å². The average molecular weight is 158 g/mol. The predicted molar refractivity (Wildman–Crippen MR) is 50.3 cm³/mol. The number of nitrogens with two attached hydrogens (primary N) is 2. The molecule has 0 aromatic carbocycles. The highest BCUT2D eigenvalue weighted by Crippen LogP contribution is 2.16. The van der Waals surface area contributed by atoms with E-state index in [0.29, 0.717) is 5.92 Å². The fourth-order valence-corrected chi connectivity index (χ4v) is 1.13. The normalized spacial score (nSPS) is 16.4. The Balaban J connectivity index is 3.28. The smallest absolute Gasteiger partial charge is 0.00490 e. The van der Waals surface area contributed by atoms with Crippen molar-refractivity contribution in [2.75, 3.05) is 13.1 Å². The van der Waals surface area contributed by atoms with Gasteiger partial charge in [0.15, 0.2) is 0 Å². The van der Waals surface area contributed by atoms with E-state index in [9.17, 15) is 0 Å². The van der Waals surface area contributed by atoms with Gasteiger partial charge < -0.3 is 11.5 Å². The molecule has 0 fully saturated rings. The van der Waals surface area contributed by atoms with Crippen molar-refractivity contribution in [3.63, 3.8) is 0 Å². The maximum absolute atomic E-state index is 5.55. The summed E-state index contributed by atoms with van der Waals surface area (Å²) in [6, 6.07) is 0. The van der Waals surface area contributed by atoms with Crippen LogP contribution in [-0.4, -0.2) is 13.1 Å². The summed E-state index contributed by atoms with van der Waals surface area (Å²) in [7, 11) is 0. The summed E-state index contributed by atoms with van der Waals surface area (Å²) in [4.78, 5) is 0. The van der Waals surface area contributed by atoms with Gasteiger partial charge in [-0.05, 0) is 31.3 Å². The maximum atomic E-state index is 5.55.